The van der Waals surface area contributed by atoms with Crippen LogP contribution in [0, 0.1) is 0 Å². The summed E-state index contributed by atoms with van der Waals surface area (Å²) in [5.74, 6) is -0.463. The maximum Gasteiger partial charge on any atom is 0.322 e. The van der Waals surface area contributed by atoms with Crippen molar-refractivity contribution in [2.75, 3.05) is 11.9 Å². The number of nitrogens with zero attached hydrogens (tertiary/aromatic N) is 3. The van der Waals surface area contributed by atoms with Crippen LogP contribution >= 0.6 is 11.3 Å². The average molecular weight is 511 g/mol. The van der Waals surface area contributed by atoms with E-state index in [1.807, 2.05) is 0 Å². The zero-order chi connectivity index (χ0) is 23.8. The zero-order valence-corrected chi connectivity index (χ0v) is 20.3. The summed E-state index contributed by atoms with van der Waals surface area (Å²) in [5, 5.41) is 11.3. The third kappa shape index (κ3) is 4.58. The van der Waals surface area contributed by atoms with Gasteiger partial charge in [-0.05, 0) is 62.4 Å². The third-order valence-electron chi connectivity index (χ3n) is 5.27. The van der Waals surface area contributed by atoms with Crippen molar-refractivity contribution in [3.63, 3.8) is 0 Å². The van der Waals surface area contributed by atoms with E-state index in [1.54, 1.807) is 37.4 Å². The molecule has 1 unspecified atom stereocenters. The van der Waals surface area contributed by atoms with Gasteiger partial charge in [0.1, 0.15) is 10.3 Å². The Morgan fingerprint density at radius 2 is 1.88 bits per heavy atom. The molecule has 176 valence electrons. The van der Waals surface area contributed by atoms with Crippen molar-refractivity contribution in [2.45, 2.75) is 47.1 Å². The fourth-order valence-electron chi connectivity index (χ4n) is 3.45. The molecular formula is C20H22N4O6S3. The first-order chi connectivity index (χ1) is 15.6. The third-order valence-corrected chi connectivity index (χ3v) is 10.7. The summed E-state index contributed by atoms with van der Waals surface area (Å²) in [4.78, 5) is 13.0. The lowest BCUT2D eigenvalue weighted by Gasteiger charge is -2.21. The maximum atomic E-state index is 12.9. The Morgan fingerprint density at radius 1 is 1.15 bits per heavy atom. The quantitative estimate of drug-likeness (QED) is 0.512. The van der Waals surface area contributed by atoms with Crippen molar-refractivity contribution in [1.82, 2.24) is 14.5 Å². The number of sulfone groups is 1. The highest BCUT2D eigenvalue weighted by atomic mass is 32.2. The number of benzene rings is 1. The molecule has 1 fully saturated rings. The van der Waals surface area contributed by atoms with Crippen LogP contribution in [0.1, 0.15) is 26.7 Å². The van der Waals surface area contributed by atoms with Crippen LogP contribution in [0.15, 0.2) is 55.3 Å². The zero-order valence-electron chi connectivity index (χ0n) is 17.8. The highest BCUT2D eigenvalue weighted by Crippen LogP contribution is 2.29. The van der Waals surface area contributed by atoms with Gasteiger partial charge in [0.05, 0.1) is 10.1 Å². The van der Waals surface area contributed by atoms with Crippen LogP contribution < -0.4 is 5.32 Å². The van der Waals surface area contributed by atoms with E-state index in [4.69, 9.17) is 4.42 Å². The second kappa shape index (κ2) is 8.97. The van der Waals surface area contributed by atoms with E-state index < -0.39 is 37.1 Å². The molecule has 1 aliphatic rings. The van der Waals surface area contributed by atoms with E-state index in [0.717, 1.165) is 11.3 Å². The van der Waals surface area contributed by atoms with Gasteiger partial charge in [0, 0.05) is 12.1 Å². The van der Waals surface area contributed by atoms with Gasteiger partial charge in [-0.2, -0.15) is 4.31 Å². The van der Waals surface area contributed by atoms with Gasteiger partial charge >= 0.3 is 6.01 Å². The van der Waals surface area contributed by atoms with Crippen molar-refractivity contribution >= 4 is 43.1 Å². The molecular weight excluding hydrogens is 488 g/mol. The van der Waals surface area contributed by atoms with E-state index in [0.29, 0.717) is 18.4 Å². The predicted octanol–water partition coefficient (Wildman–Crippen LogP) is 2.77. The second-order valence-corrected chi connectivity index (χ2v) is 13.3. The van der Waals surface area contributed by atoms with Gasteiger partial charge in [0.2, 0.25) is 11.8 Å². The van der Waals surface area contributed by atoms with Crippen molar-refractivity contribution in [3.05, 3.63) is 41.8 Å². The highest BCUT2D eigenvalue weighted by Gasteiger charge is 2.40. The molecule has 0 bridgehead atoms. The van der Waals surface area contributed by atoms with Gasteiger partial charge in [-0.3, -0.25) is 10.1 Å². The standard InChI is InChI=1S/C20H22N4O6S3/c1-13(2)32(26,27)15-9-7-14(8-10-15)19-22-23-20(30-19)21-18(25)16-5-3-11-24(16)33(28,29)17-6-4-12-31-17/h4,6-10,12-13,16H,3,5,11H2,1-2H3,(H,21,23,25). The molecule has 1 aromatic carbocycles. The number of carbonyl (C=O) groups excluding carboxylic acids is 1. The second-order valence-electron chi connectivity index (χ2n) is 7.73. The number of sulfonamides is 1. The number of hydrogen-bond donors (Lipinski definition) is 1. The Balaban J connectivity index is 1.48. The van der Waals surface area contributed by atoms with E-state index in [9.17, 15) is 21.6 Å². The Morgan fingerprint density at radius 3 is 2.52 bits per heavy atom. The minimum absolute atomic E-state index is 0.0910. The summed E-state index contributed by atoms with van der Waals surface area (Å²) in [7, 11) is -7.17. The van der Waals surface area contributed by atoms with Gasteiger partial charge in [-0.25, -0.2) is 16.8 Å². The van der Waals surface area contributed by atoms with Crippen molar-refractivity contribution < 1.29 is 26.0 Å². The molecule has 10 nitrogen and oxygen atoms in total. The smallest absolute Gasteiger partial charge is 0.322 e. The number of anilines is 1. The number of amides is 1. The van der Waals surface area contributed by atoms with Crippen molar-refractivity contribution in [1.29, 1.82) is 0 Å². The summed E-state index contributed by atoms with van der Waals surface area (Å²) < 4.78 is 57.1. The maximum absolute atomic E-state index is 12.9. The monoisotopic (exact) mass is 510 g/mol. The summed E-state index contributed by atoms with van der Waals surface area (Å²) in [6, 6.07) is 8.10. The highest BCUT2D eigenvalue weighted by molar-refractivity contribution is 7.92. The normalized spacial score (nSPS) is 17.5. The minimum atomic E-state index is -3.77. The molecule has 0 radical (unpaired) electrons. The number of rotatable bonds is 7. The summed E-state index contributed by atoms with van der Waals surface area (Å²) in [6.45, 7) is 3.46. The van der Waals surface area contributed by atoms with Crippen LogP contribution in [-0.2, 0) is 24.7 Å². The molecule has 1 N–H and O–H groups in total. The molecule has 1 atom stereocenters. The number of nitrogens with one attached hydrogen (secondary N) is 1. The molecule has 1 amide bonds. The first kappa shape index (κ1) is 23.5. The molecule has 1 aliphatic heterocycles. The van der Waals surface area contributed by atoms with E-state index in [1.165, 1.54) is 22.5 Å². The molecule has 0 aliphatic carbocycles. The van der Waals surface area contributed by atoms with Gasteiger partial charge in [-0.15, -0.1) is 16.4 Å². The SMILES string of the molecule is CC(C)S(=O)(=O)c1ccc(-c2nnc(NC(=O)C3CCCN3S(=O)(=O)c3cccs3)o2)cc1. The number of aromatic nitrogens is 2. The summed E-state index contributed by atoms with van der Waals surface area (Å²) >= 11 is 1.10. The first-order valence-corrected chi connectivity index (χ1v) is 14.0. The van der Waals surface area contributed by atoms with Crippen LogP contribution in [0.2, 0.25) is 0 Å². The molecule has 3 heterocycles. The van der Waals surface area contributed by atoms with Crippen molar-refractivity contribution in [3.8, 4) is 11.5 Å². The largest absolute Gasteiger partial charge is 0.403 e. The van der Waals surface area contributed by atoms with Crippen LogP contribution in [0.25, 0.3) is 11.5 Å². The lowest BCUT2D eigenvalue weighted by atomic mass is 10.2. The first-order valence-electron chi connectivity index (χ1n) is 10.1. The minimum Gasteiger partial charge on any atom is -0.403 e. The van der Waals surface area contributed by atoms with E-state index in [-0.39, 0.29) is 27.6 Å². The lowest BCUT2D eigenvalue weighted by Crippen LogP contribution is -2.42. The van der Waals surface area contributed by atoms with Crippen LogP contribution in [0.5, 0.6) is 0 Å². The topological polar surface area (TPSA) is 140 Å². The Bertz CT molecular complexity index is 1350. The molecule has 0 spiro atoms. The van der Waals surface area contributed by atoms with E-state index >= 15 is 0 Å². The summed E-state index contributed by atoms with van der Waals surface area (Å²) in [5.41, 5.74) is 0.480. The molecule has 4 rings (SSSR count). The van der Waals surface area contributed by atoms with Gasteiger partial charge in [0.15, 0.2) is 9.84 Å². The Kier molecular flexibility index (Phi) is 6.40. The number of carbonyl (C=O) groups is 1. The molecule has 33 heavy (non-hydrogen) atoms. The van der Waals surface area contributed by atoms with Gasteiger partial charge < -0.3 is 4.42 Å². The molecule has 3 aromatic rings. The van der Waals surface area contributed by atoms with E-state index in [2.05, 4.69) is 15.5 Å². The fraction of sp³-hybridized carbons (Fsp3) is 0.350. The average Bonchev–Trinajstić information content (AvgIpc) is 3.55. The fourth-order valence-corrected chi connectivity index (χ4v) is 7.29. The number of hydrogen-bond acceptors (Lipinski definition) is 9. The Labute approximate surface area is 195 Å². The molecule has 2 aromatic heterocycles. The predicted molar refractivity (Wildman–Crippen MR) is 122 cm³/mol. The van der Waals surface area contributed by atoms with Gasteiger partial charge in [0.25, 0.3) is 10.0 Å². The molecule has 0 saturated carbocycles. The van der Waals surface area contributed by atoms with Crippen LogP contribution in [0.3, 0.4) is 0 Å². The lowest BCUT2D eigenvalue weighted by molar-refractivity contribution is -0.119. The summed E-state index contributed by atoms with van der Waals surface area (Å²) in [6.07, 6.45) is 0.937. The molecule has 13 heteroatoms. The van der Waals surface area contributed by atoms with Crippen LogP contribution in [0.4, 0.5) is 6.01 Å². The van der Waals surface area contributed by atoms with Crippen molar-refractivity contribution in [2.24, 2.45) is 0 Å². The van der Waals surface area contributed by atoms with Gasteiger partial charge in [-0.1, -0.05) is 11.2 Å². The molecule has 1 saturated heterocycles. The number of thiophene rings is 1. The van der Waals surface area contributed by atoms with Crippen LogP contribution in [-0.4, -0.2) is 55.1 Å². The Hall–Kier alpha value is -2.61.